The van der Waals surface area contributed by atoms with Gasteiger partial charge in [-0.1, -0.05) is 36.4 Å². The lowest BCUT2D eigenvalue weighted by atomic mass is 10.2. The number of nitrogens with zero attached hydrogens (tertiary/aromatic N) is 1. The van der Waals surface area contributed by atoms with Crippen molar-refractivity contribution in [1.29, 1.82) is 0 Å². The van der Waals surface area contributed by atoms with Gasteiger partial charge in [0.2, 0.25) is 0 Å². The zero-order valence-electron chi connectivity index (χ0n) is 8.60. The van der Waals surface area contributed by atoms with Gasteiger partial charge in [0.05, 0.1) is 6.54 Å². The fourth-order valence-corrected chi connectivity index (χ4v) is 1.12. The lowest BCUT2D eigenvalue weighted by Crippen LogP contribution is -2.19. The molecule has 0 heterocycles. The van der Waals surface area contributed by atoms with E-state index in [0.29, 0.717) is 6.54 Å². The Morgan fingerprint density at radius 1 is 1.29 bits per heavy atom. The summed E-state index contributed by atoms with van der Waals surface area (Å²) in [7, 11) is 3.77. The van der Waals surface area contributed by atoms with E-state index in [1.54, 1.807) is 6.08 Å². The third kappa shape index (κ3) is 4.01. The SMILES string of the molecule is CN(C)CC(=O)C=Cc1ccccc1. The number of hydrogen-bond acceptors (Lipinski definition) is 2. The molecule has 0 aliphatic rings. The van der Waals surface area contributed by atoms with Gasteiger partial charge in [-0.2, -0.15) is 0 Å². The second kappa shape index (κ2) is 5.35. The molecule has 0 fully saturated rings. The highest BCUT2D eigenvalue weighted by Crippen LogP contribution is 2.00. The minimum absolute atomic E-state index is 0.124. The van der Waals surface area contributed by atoms with E-state index in [9.17, 15) is 4.79 Å². The highest BCUT2D eigenvalue weighted by atomic mass is 16.1. The van der Waals surface area contributed by atoms with Crippen molar-refractivity contribution >= 4 is 11.9 Å². The van der Waals surface area contributed by atoms with Crippen LogP contribution in [0.1, 0.15) is 5.56 Å². The Balaban J connectivity index is 2.52. The molecule has 74 valence electrons. The monoisotopic (exact) mass is 189 g/mol. The van der Waals surface area contributed by atoms with E-state index in [4.69, 9.17) is 0 Å². The topological polar surface area (TPSA) is 20.3 Å². The smallest absolute Gasteiger partial charge is 0.169 e. The van der Waals surface area contributed by atoms with Gasteiger partial charge < -0.3 is 4.90 Å². The van der Waals surface area contributed by atoms with Crippen LogP contribution in [-0.2, 0) is 4.79 Å². The number of hydrogen-bond donors (Lipinski definition) is 0. The van der Waals surface area contributed by atoms with Gasteiger partial charge in [0, 0.05) is 0 Å². The highest BCUT2D eigenvalue weighted by Gasteiger charge is 1.97. The molecule has 0 radical (unpaired) electrons. The van der Waals surface area contributed by atoms with E-state index >= 15 is 0 Å². The molecule has 0 aliphatic heterocycles. The van der Waals surface area contributed by atoms with Gasteiger partial charge >= 0.3 is 0 Å². The molecule has 0 saturated carbocycles. The first-order chi connectivity index (χ1) is 6.68. The zero-order chi connectivity index (χ0) is 10.4. The van der Waals surface area contributed by atoms with E-state index < -0.39 is 0 Å². The van der Waals surface area contributed by atoms with E-state index in [2.05, 4.69) is 0 Å². The Hall–Kier alpha value is -1.41. The van der Waals surface area contributed by atoms with Crippen LogP contribution in [0.3, 0.4) is 0 Å². The molecular formula is C12H15NO. The summed E-state index contributed by atoms with van der Waals surface area (Å²) in [6, 6.07) is 9.81. The summed E-state index contributed by atoms with van der Waals surface area (Å²) < 4.78 is 0. The average molecular weight is 189 g/mol. The summed E-state index contributed by atoms with van der Waals surface area (Å²) in [5, 5.41) is 0. The largest absolute Gasteiger partial charge is 0.302 e. The molecule has 0 unspecified atom stereocenters. The van der Waals surface area contributed by atoms with E-state index in [0.717, 1.165) is 5.56 Å². The van der Waals surface area contributed by atoms with Gasteiger partial charge in [0.15, 0.2) is 5.78 Å². The van der Waals surface area contributed by atoms with Gasteiger partial charge in [-0.05, 0) is 25.7 Å². The van der Waals surface area contributed by atoms with Crippen molar-refractivity contribution < 1.29 is 4.79 Å². The molecule has 0 spiro atoms. The Bertz CT molecular complexity index is 314. The van der Waals surface area contributed by atoms with E-state index in [-0.39, 0.29) is 5.78 Å². The van der Waals surface area contributed by atoms with Crippen molar-refractivity contribution in [3.8, 4) is 0 Å². The van der Waals surface area contributed by atoms with Crippen LogP contribution in [0.4, 0.5) is 0 Å². The van der Waals surface area contributed by atoms with Gasteiger partial charge in [-0.25, -0.2) is 0 Å². The molecule has 2 heteroatoms. The number of ketones is 1. The summed E-state index contributed by atoms with van der Waals surface area (Å²) >= 11 is 0. The molecule has 0 atom stereocenters. The summed E-state index contributed by atoms with van der Waals surface area (Å²) in [6.45, 7) is 0.462. The van der Waals surface area contributed by atoms with Gasteiger partial charge in [0.1, 0.15) is 0 Å². The molecule has 0 amide bonds. The number of rotatable bonds is 4. The summed E-state index contributed by atoms with van der Waals surface area (Å²) in [5.74, 6) is 0.124. The van der Waals surface area contributed by atoms with Crippen LogP contribution in [0.15, 0.2) is 36.4 Å². The van der Waals surface area contributed by atoms with Crippen LogP contribution in [0, 0.1) is 0 Å². The van der Waals surface area contributed by atoms with Crippen molar-refractivity contribution in [2.75, 3.05) is 20.6 Å². The molecular weight excluding hydrogens is 174 g/mol. The number of carbonyl (C=O) groups excluding carboxylic acids is 1. The molecule has 0 saturated heterocycles. The highest BCUT2D eigenvalue weighted by molar-refractivity contribution is 5.95. The third-order valence-electron chi connectivity index (χ3n) is 1.73. The van der Waals surface area contributed by atoms with E-state index in [1.807, 2.05) is 55.4 Å². The molecule has 2 nitrogen and oxygen atoms in total. The first-order valence-electron chi connectivity index (χ1n) is 4.59. The standard InChI is InChI=1S/C12H15NO/c1-13(2)10-12(14)9-8-11-6-4-3-5-7-11/h3-9H,10H2,1-2H3. The quantitative estimate of drug-likeness (QED) is 0.673. The second-order valence-corrected chi connectivity index (χ2v) is 3.45. The zero-order valence-corrected chi connectivity index (χ0v) is 8.60. The fourth-order valence-electron chi connectivity index (χ4n) is 1.12. The van der Waals surface area contributed by atoms with Crippen molar-refractivity contribution in [1.82, 2.24) is 4.90 Å². The second-order valence-electron chi connectivity index (χ2n) is 3.45. The predicted octanol–water partition coefficient (Wildman–Crippen LogP) is 1.83. The summed E-state index contributed by atoms with van der Waals surface area (Å²) in [6.07, 6.45) is 3.46. The van der Waals surface area contributed by atoms with Crippen LogP contribution in [-0.4, -0.2) is 31.3 Å². The maximum absolute atomic E-state index is 11.3. The van der Waals surface area contributed by atoms with E-state index in [1.165, 1.54) is 0 Å². The number of likely N-dealkylation sites (N-methyl/N-ethyl adjacent to an activating group) is 1. The summed E-state index contributed by atoms with van der Waals surface area (Å²) in [5.41, 5.74) is 1.06. The Labute approximate surface area is 84.9 Å². The van der Waals surface area contributed by atoms with Gasteiger partial charge in [-0.15, -0.1) is 0 Å². The first kappa shape index (κ1) is 10.7. The first-order valence-corrected chi connectivity index (χ1v) is 4.59. The van der Waals surface area contributed by atoms with Crippen molar-refractivity contribution in [3.63, 3.8) is 0 Å². The lowest BCUT2D eigenvalue weighted by Gasteiger charge is -2.04. The molecule has 0 aromatic heterocycles. The molecule has 0 bridgehead atoms. The van der Waals surface area contributed by atoms with Gasteiger partial charge in [-0.3, -0.25) is 4.79 Å². The molecule has 0 N–H and O–H groups in total. The van der Waals surface area contributed by atoms with Crippen LogP contribution >= 0.6 is 0 Å². The molecule has 1 rings (SSSR count). The Morgan fingerprint density at radius 3 is 2.50 bits per heavy atom. The molecule has 14 heavy (non-hydrogen) atoms. The fraction of sp³-hybridized carbons (Fsp3) is 0.250. The maximum atomic E-state index is 11.3. The predicted molar refractivity (Wildman–Crippen MR) is 59.0 cm³/mol. The van der Waals surface area contributed by atoms with Gasteiger partial charge in [0.25, 0.3) is 0 Å². The minimum atomic E-state index is 0.124. The average Bonchev–Trinajstić information content (AvgIpc) is 2.15. The number of benzene rings is 1. The van der Waals surface area contributed by atoms with Crippen LogP contribution in [0.25, 0.3) is 6.08 Å². The molecule has 1 aromatic carbocycles. The third-order valence-corrected chi connectivity index (χ3v) is 1.73. The Morgan fingerprint density at radius 2 is 1.93 bits per heavy atom. The summed E-state index contributed by atoms with van der Waals surface area (Å²) in [4.78, 5) is 13.2. The van der Waals surface area contributed by atoms with Crippen molar-refractivity contribution in [2.45, 2.75) is 0 Å². The van der Waals surface area contributed by atoms with Crippen LogP contribution in [0.5, 0.6) is 0 Å². The van der Waals surface area contributed by atoms with Crippen LogP contribution < -0.4 is 0 Å². The minimum Gasteiger partial charge on any atom is -0.302 e. The van der Waals surface area contributed by atoms with Crippen molar-refractivity contribution in [3.05, 3.63) is 42.0 Å². The number of carbonyl (C=O) groups is 1. The Kier molecular flexibility index (Phi) is 4.08. The lowest BCUT2D eigenvalue weighted by molar-refractivity contribution is -0.115. The maximum Gasteiger partial charge on any atom is 0.169 e. The molecule has 0 aliphatic carbocycles. The van der Waals surface area contributed by atoms with Crippen LogP contribution in [0.2, 0.25) is 0 Å². The molecule has 1 aromatic rings. The van der Waals surface area contributed by atoms with Crippen molar-refractivity contribution in [2.24, 2.45) is 0 Å². The normalized spacial score (nSPS) is 11.1.